The van der Waals surface area contributed by atoms with Gasteiger partial charge in [0.1, 0.15) is 0 Å². The third-order valence-electron chi connectivity index (χ3n) is 5.90. The van der Waals surface area contributed by atoms with Gasteiger partial charge in [-0.25, -0.2) is 0 Å². The molecule has 0 saturated heterocycles. The van der Waals surface area contributed by atoms with Gasteiger partial charge in [0.2, 0.25) is 0 Å². The number of fused-ring (bicyclic) bond motifs is 1. The number of rotatable bonds is 3. The van der Waals surface area contributed by atoms with E-state index in [0.717, 1.165) is 19.3 Å². The molecule has 27 heavy (non-hydrogen) atoms. The molecule has 0 unspecified atom stereocenters. The maximum absolute atomic E-state index is 3.97. The van der Waals surface area contributed by atoms with E-state index in [2.05, 4.69) is 104 Å². The van der Waals surface area contributed by atoms with Crippen molar-refractivity contribution >= 4 is 33.4 Å². The summed E-state index contributed by atoms with van der Waals surface area (Å²) in [4.78, 5) is 0. The summed E-state index contributed by atoms with van der Waals surface area (Å²) in [5.74, 6) is 0. The van der Waals surface area contributed by atoms with Crippen LogP contribution in [0.1, 0.15) is 32.3 Å². The SMILES string of the molecule is C=C/C=C1/C2=C(C=CCC2)C(C)(C)/C1=C/Cc1ccc(I)c2ccccc12. The zero-order chi connectivity index (χ0) is 19.0. The Morgan fingerprint density at radius 2 is 1.89 bits per heavy atom. The van der Waals surface area contributed by atoms with Gasteiger partial charge < -0.3 is 0 Å². The molecule has 136 valence electrons. The molecular weight excluding hydrogens is 439 g/mol. The minimum absolute atomic E-state index is 0.0557. The predicted octanol–water partition coefficient (Wildman–Crippen LogP) is 7.71. The largest absolute Gasteiger partial charge is 0.0990 e. The fraction of sp³-hybridized carbons (Fsp3) is 0.231. The predicted molar refractivity (Wildman–Crippen MR) is 126 cm³/mol. The van der Waals surface area contributed by atoms with E-state index >= 15 is 0 Å². The van der Waals surface area contributed by atoms with Crippen molar-refractivity contribution < 1.29 is 0 Å². The van der Waals surface area contributed by atoms with Crippen molar-refractivity contribution in [2.45, 2.75) is 33.1 Å². The van der Waals surface area contributed by atoms with Gasteiger partial charge in [-0.3, -0.25) is 0 Å². The summed E-state index contributed by atoms with van der Waals surface area (Å²) in [6.45, 7) is 8.69. The van der Waals surface area contributed by atoms with Gasteiger partial charge in [0.15, 0.2) is 0 Å². The van der Waals surface area contributed by atoms with Gasteiger partial charge in [-0.2, -0.15) is 0 Å². The van der Waals surface area contributed by atoms with Crippen molar-refractivity contribution in [3.05, 3.63) is 105 Å². The van der Waals surface area contributed by atoms with Crippen LogP contribution in [-0.2, 0) is 6.42 Å². The number of halogens is 1. The molecule has 0 heterocycles. The average molecular weight is 464 g/mol. The molecule has 2 aromatic rings. The Labute approximate surface area is 176 Å². The second-order valence-corrected chi connectivity index (χ2v) is 9.01. The molecule has 4 rings (SSSR count). The number of benzene rings is 2. The monoisotopic (exact) mass is 464 g/mol. The second-order valence-electron chi connectivity index (χ2n) is 7.85. The highest BCUT2D eigenvalue weighted by Gasteiger charge is 2.39. The van der Waals surface area contributed by atoms with Gasteiger partial charge in [0, 0.05) is 8.99 Å². The number of allylic oxidation sites excluding steroid dienone is 9. The Morgan fingerprint density at radius 1 is 1.11 bits per heavy atom. The lowest BCUT2D eigenvalue weighted by molar-refractivity contribution is 0.573. The Kier molecular flexibility index (Phi) is 4.98. The molecule has 0 bridgehead atoms. The van der Waals surface area contributed by atoms with Crippen molar-refractivity contribution in [1.82, 2.24) is 0 Å². The van der Waals surface area contributed by atoms with E-state index in [0.29, 0.717) is 0 Å². The average Bonchev–Trinajstić information content (AvgIpc) is 2.89. The molecule has 0 saturated carbocycles. The molecular formula is C26H25I. The standard InChI is InChI=1S/C26H25I/c1-4-9-20-21-11-7-8-13-23(21)26(2,3)24(20)16-14-18-15-17-25(27)22-12-6-5-10-19(18)22/h4-6,8-10,12-13,15-17H,1,7,11,14H2,2-3H3/b20-9-,24-16+. The summed E-state index contributed by atoms with van der Waals surface area (Å²) < 4.78 is 1.32. The topological polar surface area (TPSA) is 0 Å². The first-order valence-electron chi connectivity index (χ1n) is 9.64. The highest BCUT2D eigenvalue weighted by atomic mass is 127. The van der Waals surface area contributed by atoms with E-state index in [1.54, 1.807) is 0 Å². The first kappa shape index (κ1) is 18.5. The fourth-order valence-electron chi connectivity index (χ4n) is 4.56. The van der Waals surface area contributed by atoms with Gasteiger partial charge in [-0.05, 0) is 86.5 Å². The third-order valence-corrected chi connectivity index (χ3v) is 6.85. The lowest BCUT2D eigenvalue weighted by Gasteiger charge is -2.24. The molecule has 0 amide bonds. The van der Waals surface area contributed by atoms with Crippen LogP contribution >= 0.6 is 22.6 Å². The molecule has 0 N–H and O–H groups in total. The van der Waals surface area contributed by atoms with Crippen LogP contribution in [0, 0.1) is 8.99 Å². The normalized spacial score (nSPS) is 21.3. The summed E-state index contributed by atoms with van der Waals surface area (Å²) >= 11 is 2.43. The Hall–Kier alpha value is -1.87. The molecule has 0 aliphatic heterocycles. The van der Waals surface area contributed by atoms with Crippen molar-refractivity contribution in [1.29, 1.82) is 0 Å². The van der Waals surface area contributed by atoms with E-state index in [1.807, 2.05) is 6.08 Å². The summed E-state index contributed by atoms with van der Waals surface area (Å²) in [5, 5.41) is 2.71. The van der Waals surface area contributed by atoms with Crippen molar-refractivity contribution in [3.63, 3.8) is 0 Å². The van der Waals surface area contributed by atoms with Crippen LogP contribution in [0.4, 0.5) is 0 Å². The molecule has 0 radical (unpaired) electrons. The third kappa shape index (κ3) is 3.16. The maximum Gasteiger partial charge on any atom is 0.0208 e. The molecule has 2 aliphatic rings. The van der Waals surface area contributed by atoms with E-state index in [9.17, 15) is 0 Å². The Balaban J connectivity index is 1.78. The first-order valence-corrected chi connectivity index (χ1v) is 10.7. The lowest BCUT2D eigenvalue weighted by atomic mass is 9.79. The molecule has 0 aromatic heterocycles. The molecule has 2 aromatic carbocycles. The van der Waals surface area contributed by atoms with Gasteiger partial charge in [-0.15, -0.1) is 0 Å². The minimum atomic E-state index is 0.0557. The van der Waals surface area contributed by atoms with Crippen molar-refractivity contribution in [2.75, 3.05) is 0 Å². The number of hydrogen-bond donors (Lipinski definition) is 0. The molecule has 0 spiro atoms. The van der Waals surface area contributed by atoms with E-state index < -0.39 is 0 Å². The zero-order valence-corrected chi connectivity index (χ0v) is 18.2. The lowest BCUT2D eigenvalue weighted by Crippen LogP contribution is -2.13. The Morgan fingerprint density at radius 3 is 2.67 bits per heavy atom. The van der Waals surface area contributed by atoms with Crippen LogP contribution in [0.3, 0.4) is 0 Å². The van der Waals surface area contributed by atoms with Gasteiger partial charge in [0.05, 0.1) is 0 Å². The fourth-order valence-corrected chi connectivity index (χ4v) is 5.21. The van der Waals surface area contributed by atoms with Crippen LogP contribution in [-0.4, -0.2) is 0 Å². The van der Waals surface area contributed by atoms with Gasteiger partial charge in [0.25, 0.3) is 0 Å². The number of hydrogen-bond acceptors (Lipinski definition) is 0. The molecule has 0 nitrogen and oxygen atoms in total. The molecule has 2 aliphatic carbocycles. The summed E-state index contributed by atoms with van der Waals surface area (Å²) in [7, 11) is 0. The van der Waals surface area contributed by atoms with Crippen LogP contribution in [0.2, 0.25) is 0 Å². The van der Waals surface area contributed by atoms with Crippen molar-refractivity contribution in [3.8, 4) is 0 Å². The van der Waals surface area contributed by atoms with Crippen LogP contribution in [0.25, 0.3) is 10.8 Å². The van der Waals surface area contributed by atoms with Crippen LogP contribution in [0.15, 0.2) is 95.6 Å². The molecule has 0 fully saturated rings. The van der Waals surface area contributed by atoms with Gasteiger partial charge in [-0.1, -0.05) is 81.1 Å². The van der Waals surface area contributed by atoms with Gasteiger partial charge >= 0.3 is 0 Å². The Bertz CT molecular complexity index is 1040. The maximum atomic E-state index is 3.97. The smallest absolute Gasteiger partial charge is 0.0208 e. The van der Waals surface area contributed by atoms with E-state index in [4.69, 9.17) is 0 Å². The summed E-state index contributed by atoms with van der Waals surface area (Å²) in [5.41, 5.74) is 7.29. The molecule has 0 atom stereocenters. The van der Waals surface area contributed by atoms with Crippen LogP contribution in [0.5, 0.6) is 0 Å². The zero-order valence-electron chi connectivity index (χ0n) is 16.1. The van der Waals surface area contributed by atoms with E-state index in [1.165, 1.54) is 42.2 Å². The summed E-state index contributed by atoms with van der Waals surface area (Å²) in [6, 6.07) is 13.3. The minimum Gasteiger partial charge on any atom is -0.0990 e. The second kappa shape index (κ2) is 7.27. The molecule has 1 heteroatoms. The summed E-state index contributed by atoms with van der Waals surface area (Å²) in [6.07, 6.45) is 14.5. The first-order chi connectivity index (χ1) is 13.0. The van der Waals surface area contributed by atoms with Crippen LogP contribution < -0.4 is 0 Å². The highest BCUT2D eigenvalue weighted by Crippen LogP contribution is 2.53. The van der Waals surface area contributed by atoms with E-state index in [-0.39, 0.29) is 5.41 Å². The quantitative estimate of drug-likeness (QED) is 0.408. The van der Waals surface area contributed by atoms with Crippen molar-refractivity contribution in [2.24, 2.45) is 5.41 Å². The highest BCUT2D eigenvalue weighted by molar-refractivity contribution is 14.1.